The van der Waals surface area contributed by atoms with Crippen LogP contribution in [0.3, 0.4) is 0 Å². The van der Waals surface area contributed by atoms with E-state index in [2.05, 4.69) is 25.6 Å². The van der Waals surface area contributed by atoms with Gasteiger partial charge in [-0.1, -0.05) is 22.0 Å². The molecule has 168 valence electrons. The number of carbonyl (C=O) groups excluding carboxylic acids is 2. The Labute approximate surface area is 184 Å². The van der Waals surface area contributed by atoms with Gasteiger partial charge in [-0.2, -0.15) is 0 Å². The van der Waals surface area contributed by atoms with Crippen molar-refractivity contribution in [3.63, 3.8) is 0 Å². The molecule has 1 aromatic heterocycles. The Morgan fingerprint density at radius 1 is 1.19 bits per heavy atom. The number of carbonyl (C=O) groups is 4. The van der Waals surface area contributed by atoms with Crippen LogP contribution in [0.5, 0.6) is 0 Å². The average Bonchev–Trinajstić information content (AvgIpc) is 2.74. The molecule has 6 N–H and O–H groups in total. The van der Waals surface area contributed by atoms with Gasteiger partial charge in [-0.3, -0.25) is 14.4 Å². The second-order valence-corrected chi connectivity index (χ2v) is 8.31. The summed E-state index contributed by atoms with van der Waals surface area (Å²) in [7, 11) is 2.45. The highest BCUT2D eigenvalue weighted by Crippen LogP contribution is 2.29. The number of aromatic nitrogens is 1. The molecular formula is C16H21N7O6S2. The number of nitrogens with one attached hydrogen (secondary N) is 2. The predicted molar refractivity (Wildman–Crippen MR) is 113 cm³/mol. The zero-order valence-electron chi connectivity index (χ0n) is 16.1. The summed E-state index contributed by atoms with van der Waals surface area (Å²) in [6, 6.07) is 1.43. The highest BCUT2D eigenvalue weighted by Gasteiger charge is 2.27. The van der Waals surface area contributed by atoms with E-state index in [1.165, 1.54) is 21.6 Å². The number of carboxylic acid groups (broad SMARTS) is 2. The van der Waals surface area contributed by atoms with E-state index >= 15 is 0 Å². The Morgan fingerprint density at radius 2 is 1.94 bits per heavy atom. The van der Waals surface area contributed by atoms with Gasteiger partial charge in [0.2, 0.25) is 11.8 Å². The van der Waals surface area contributed by atoms with Gasteiger partial charge in [0.05, 0.1) is 6.54 Å². The van der Waals surface area contributed by atoms with E-state index in [1.807, 2.05) is 0 Å². The lowest BCUT2D eigenvalue weighted by Gasteiger charge is -2.20. The van der Waals surface area contributed by atoms with Gasteiger partial charge in [0.25, 0.3) is 0 Å². The number of nitrogens with two attached hydrogens (primary N) is 1. The fourth-order valence-corrected chi connectivity index (χ4v) is 4.06. The van der Waals surface area contributed by atoms with Crippen molar-refractivity contribution in [2.24, 2.45) is 10.8 Å². The molecule has 2 amide bonds. The van der Waals surface area contributed by atoms with E-state index < -0.39 is 48.4 Å². The van der Waals surface area contributed by atoms with Gasteiger partial charge in [-0.25, -0.2) is 9.78 Å². The number of hydrogen-bond acceptors (Lipinski definition) is 9. The molecule has 0 fully saturated rings. The van der Waals surface area contributed by atoms with E-state index in [9.17, 15) is 19.2 Å². The minimum absolute atomic E-state index is 0.0532. The maximum Gasteiger partial charge on any atom is 0.326 e. The van der Waals surface area contributed by atoms with Gasteiger partial charge in [0.15, 0.2) is 0 Å². The van der Waals surface area contributed by atoms with Gasteiger partial charge in [0, 0.05) is 23.3 Å². The molecule has 3 atom stereocenters. The van der Waals surface area contributed by atoms with Crippen LogP contribution in [0.4, 0.5) is 0 Å². The van der Waals surface area contributed by atoms with Crippen LogP contribution in [0.25, 0.3) is 10.4 Å². The Kier molecular flexibility index (Phi) is 11.8. The molecule has 1 rings (SSSR count). The molecule has 0 bridgehead atoms. The molecule has 0 saturated heterocycles. The molecule has 15 heteroatoms. The average molecular weight is 472 g/mol. The zero-order valence-corrected chi connectivity index (χ0v) is 17.7. The standard InChI is InChI=1S/C16H21N7O6S2/c17-9(15(26)27)4-5-12(24)21-11(8-30-31-13-3-1-2-6-19-13)14(25)22-10(16(28)29)7-20-23-18/h1-3,6,9-11H,4-5,7-8,17H2,(H,21,24)(H,22,25)(H,26,27)(H,28,29)/t9-,10-,11-/m0/s1. The molecule has 0 radical (unpaired) electrons. The smallest absolute Gasteiger partial charge is 0.326 e. The Bertz CT molecular complexity index is 822. The van der Waals surface area contributed by atoms with Crippen LogP contribution in [0.15, 0.2) is 34.5 Å². The summed E-state index contributed by atoms with van der Waals surface area (Å²) in [5.41, 5.74) is 13.7. The predicted octanol–water partition coefficient (Wildman–Crippen LogP) is 0.379. The lowest BCUT2D eigenvalue weighted by Crippen LogP contribution is -2.53. The summed E-state index contributed by atoms with van der Waals surface area (Å²) < 4.78 is 0. The molecule has 0 unspecified atom stereocenters. The van der Waals surface area contributed by atoms with Crippen LogP contribution in [0.1, 0.15) is 12.8 Å². The van der Waals surface area contributed by atoms with E-state index in [-0.39, 0.29) is 18.6 Å². The highest BCUT2D eigenvalue weighted by molar-refractivity contribution is 8.76. The molecular weight excluding hydrogens is 450 g/mol. The van der Waals surface area contributed by atoms with Crippen LogP contribution >= 0.6 is 21.6 Å². The van der Waals surface area contributed by atoms with Crippen LogP contribution in [0, 0.1) is 0 Å². The second kappa shape index (κ2) is 14.1. The fourth-order valence-electron chi connectivity index (χ4n) is 1.99. The lowest BCUT2D eigenvalue weighted by molar-refractivity contribution is -0.141. The maximum absolute atomic E-state index is 12.6. The number of rotatable bonds is 14. The highest BCUT2D eigenvalue weighted by atomic mass is 33.1. The van der Waals surface area contributed by atoms with Gasteiger partial charge >= 0.3 is 11.9 Å². The van der Waals surface area contributed by atoms with Crippen LogP contribution in [0.2, 0.25) is 0 Å². The third-order valence-corrected chi connectivity index (χ3v) is 5.88. The Morgan fingerprint density at radius 3 is 2.52 bits per heavy atom. The Balaban J connectivity index is 2.77. The third kappa shape index (κ3) is 10.5. The summed E-state index contributed by atoms with van der Waals surface area (Å²) in [5.74, 6) is -4.04. The van der Waals surface area contributed by atoms with E-state index in [0.29, 0.717) is 5.03 Å². The first-order valence-electron chi connectivity index (χ1n) is 8.76. The number of azide groups is 1. The number of hydrogen-bond donors (Lipinski definition) is 5. The number of carboxylic acids is 2. The molecule has 31 heavy (non-hydrogen) atoms. The molecule has 0 spiro atoms. The van der Waals surface area contributed by atoms with Crippen molar-refractivity contribution in [1.29, 1.82) is 0 Å². The number of amides is 2. The minimum atomic E-state index is -1.48. The first-order chi connectivity index (χ1) is 14.7. The third-order valence-electron chi connectivity index (χ3n) is 3.61. The van der Waals surface area contributed by atoms with Crippen LogP contribution in [-0.2, 0) is 19.2 Å². The summed E-state index contributed by atoms with van der Waals surface area (Å²) in [5, 5.41) is 26.4. The number of aliphatic carboxylic acids is 2. The van der Waals surface area contributed by atoms with Crippen molar-refractivity contribution in [1.82, 2.24) is 15.6 Å². The molecule has 0 aromatic carbocycles. The summed E-state index contributed by atoms with van der Waals surface area (Å²) in [6.45, 7) is -0.512. The van der Waals surface area contributed by atoms with Crippen molar-refractivity contribution in [2.45, 2.75) is 36.0 Å². The van der Waals surface area contributed by atoms with Crippen LogP contribution < -0.4 is 16.4 Å². The topological polar surface area (TPSA) is 220 Å². The normalized spacial score (nSPS) is 13.2. The van der Waals surface area contributed by atoms with Crippen LogP contribution in [-0.4, -0.2) is 69.4 Å². The zero-order chi connectivity index (χ0) is 23.2. The minimum Gasteiger partial charge on any atom is -0.480 e. The summed E-state index contributed by atoms with van der Waals surface area (Å²) >= 11 is 0. The molecule has 13 nitrogen and oxygen atoms in total. The van der Waals surface area contributed by atoms with E-state index in [1.54, 1.807) is 24.4 Å². The van der Waals surface area contributed by atoms with Gasteiger partial charge in [-0.15, -0.1) is 0 Å². The van der Waals surface area contributed by atoms with Crippen molar-refractivity contribution in [3.8, 4) is 0 Å². The SMILES string of the molecule is [N-]=[N+]=NC[C@H](NC(=O)[C@H](CSSc1ccccn1)NC(=O)CC[C@H](N)C(=O)O)C(=O)O. The molecule has 1 heterocycles. The number of pyridine rings is 1. The number of nitrogens with zero attached hydrogens (tertiary/aromatic N) is 4. The van der Waals surface area contributed by atoms with Crippen molar-refractivity contribution < 1.29 is 29.4 Å². The van der Waals surface area contributed by atoms with Gasteiger partial charge in [-0.05, 0) is 34.9 Å². The summed E-state index contributed by atoms with van der Waals surface area (Å²) in [4.78, 5) is 53.3. The summed E-state index contributed by atoms with van der Waals surface area (Å²) in [6.07, 6.45) is 1.21. The molecule has 1 aromatic rings. The largest absolute Gasteiger partial charge is 0.480 e. The van der Waals surface area contributed by atoms with Gasteiger partial charge in [0.1, 0.15) is 23.2 Å². The van der Waals surface area contributed by atoms with Gasteiger partial charge < -0.3 is 26.6 Å². The second-order valence-electron chi connectivity index (χ2n) is 5.95. The monoisotopic (exact) mass is 471 g/mol. The first kappa shape index (κ1) is 26.0. The van der Waals surface area contributed by atoms with E-state index in [0.717, 1.165) is 0 Å². The van der Waals surface area contributed by atoms with Crippen molar-refractivity contribution >= 4 is 45.3 Å². The molecule has 0 aliphatic rings. The molecule has 0 saturated carbocycles. The molecule has 0 aliphatic heterocycles. The maximum atomic E-state index is 12.6. The lowest BCUT2D eigenvalue weighted by atomic mass is 10.1. The fraction of sp³-hybridized carbons (Fsp3) is 0.438. The first-order valence-corrected chi connectivity index (χ1v) is 11.1. The van der Waals surface area contributed by atoms with E-state index in [4.69, 9.17) is 21.5 Å². The molecule has 0 aliphatic carbocycles. The van der Waals surface area contributed by atoms with Crippen molar-refractivity contribution in [3.05, 3.63) is 34.8 Å². The van der Waals surface area contributed by atoms with Crippen molar-refractivity contribution in [2.75, 3.05) is 12.3 Å². The Hall–Kier alpha value is -3.00. The quantitative estimate of drug-likeness (QED) is 0.109.